The molecule has 23 heavy (non-hydrogen) atoms. The molecule has 0 aliphatic carbocycles. The standard InChI is InChI=1S/C18H24O5/c1-3-15-18(20,12-19)17(10-9-16(2,22-15)23-17)13-21-11-14-7-5-4-6-8-14/h3-8,15,19-20H,1,9-13H2,2H3/t15-,16+,17+,18+/m1/s1. The molecular formula is C18H24O5. The minimum absolute atomic E-state index is 0.183. The van der Waals surface area contributed by atoms with Crippen molar-refractivity contribution in [2.45, 2.75) is 49.5 Å². The molecule has 3 rings (SSSR count). The lowest BCUT2D eigenvalue weighted by molar-refractivity contribution is -0.376. The number of hydrogen-bond acceptors (Lipinski definition) is 5. The Balaban J connectivity index is 1.78. The van der Waals surface area contributed by atoms with Gasteiger partial charge >= 0.3 is 0 Å². The highest BCUT2D eigenvalue weighted by molar-refractivity contribution is 5.18. The van der Waals surface area contributed by atoms with Crippen LogP contribution in [0.4, 0.5) is 0 Å². The number of ether oxygens (including phenoxy) is 3. The van der Waals surface area contributed by atoms with Crippen molar-refractivity contribution in [1.29, 1.82) is 0 Å². The molecule has 2 fully saturated rings. The van der Waals surface area contributed by atoms with Crippen molar-refractivity contribution in [2.75, 3.05) is 13.2 Å². The minimum Gasteiger partial charge on any atom is -0.393 e. The lowest BCUT2D eigenvalue weighted by Gasteiger charge is -2.52. The summed E-state index contributed by atoms with van der Waals surface area (Å²) >= 11 is 0. The molecule has 2 bridgehead atoms. The highest BCUT2D eigenvalue weighted by Gasteiger charge is 2.67. The number of benzene rings is 1. The molecule has 2 aliphatic heterocycles. The summed E-state index contributed by atoms with van der Waals surface area (Å²) in [5.74, 6) is -0.781. The lowest BCUT2D eigenvalue weighted by Crippen LogP contribution is -2.70. The van der Waals surface area contributed by atoms with Crippen LogP contribution in [-0.4, -0.2) is 46.5 Å². The molecule has 1 aromatic carbocycles. The summed E-state index contributed by atoms with van der Waals surface area (Å²) < 4.78 is 17.7. The summed E-state index contributed by atoms with van der Waals surface area (Å²) in [6.45, 7) is 5.69. The molecule has 0 aromatic heterocycles. The molecule has 2 aliphatic rings. The van der Waals surface area contributed by atoms with E-state index in [-0.39, 0.29) is 6.61 Å². The van der Waals surface area contributed by atoms with Gasteiger partial charge in [0, 0.05) is 6.42 Å². The van der Waals surface area contributed by atoms with Gasteiger partial charge in [-0.3, -0.25) is 0 Å². The monoisotopic (exact) mass is 320 g/mol. The normalized spacial score (nSPS) is 39.3. The number of aliphatic hydroxyl groups is 2. The molecule has 0 unspecified atom stereocenters. The van der Waals surface area contributed by atoms with Crippen LogP contribution in [0.25, 0.3) is 0 Å². The zero-order valence-electron chi connectivity index (χ0n) is 13.4. The summed E-state index contributed by atoms with van der Waals surface area (Å²) in [6, 6.07) is 9.81. The Morgan fingerprint density at radius 3 is 2.74 bits per heavy atom. The number of aliphatic hydroxyl groups excluding tert-OH is 1. The van der Waals surface area contributed by atoms with Crippen molar-refractivity contribution in [2.24, 2.45) is 0 Å². The Morgan fingerprint density at radius 2 is 2.09 bits per heavy atom. The molecule has 4 atom stereocenters. The van der Waals surface area contributed by atoms with Gasteiger partial charge in [0.25, 0.3) is 0 Å². The summed E-state index contributed by atoms with van der Waals surface area (Å²) in [5.41, 5.74) is -1.52. The van der Waals surface area contributed by atoms with Crippen molar-refractivity contribution in [3.05, 3.63) is 48.6 Å². The average Bonchev–Trinajstić information content (AvgIpc) is 2.87. The molecule has 2 saturated heterocycles. The van der Waals surface area contributed by atoms with E-state index in [1.807, 2.05) is 37.3 Å². The minimum atomic E-state index is -1.57. The summed E-state index contributed by atoms with van der Waals surface area (Å²) in [7, 11) is 0. The van der Waals surface area contributed by atoms with Crippen LogP contribution in [0.1, 0.15) is 25.3 Å². The quantitative estimate of drug-likeness (QED) is 0.782. The zero-order chi connectivity index (χ0) is 16.6. The maximum atomic E-state index is 11.0. The predicted molar refractivity (Wildman–Crippen MR) is 84.7 cm³/mol. The molecule has 1 aromatic rings. The number of fused-ring (bicyclic) bond motifs is 2. The SMILES string of the molecule is C=C[C@H]1O[C@]2(C)CC[C@@](COCc3ccccc3)(O2)[C@]1(O)CO. The van der Waals surface area contributed by atoms with Crippen LogP contribution in [0.3, 0.4) is 0 Å². The van der Waals surface area contributed by atoms with Gasteiger partial charge in [-0.2, -0.15) is 0 Å². The molecule has 0 spiro atoms. The van der Waals surface area contributed by atoms with Crippen molar-refractivity contribution in [3.63, 3.8) is 0 Å². The van der Waals surface area contributed by atoms with Crippen LogP contribution in [0.2, 0.25) is 0 Å². The van der Waals surface area contributed by atoms with E-state index >= 15 is 0 Å². The van der Waals surface area contributed by atoms with E-state index < -0.39 is 29.7 Å². The van der Waals surface area contributed by atoms with Gasteiger partial charge in [0.1, 0.15) is 17.3 Å². The Morgan fingerprint density at radius 1 is 1.35 bits per heavy atom. The fourth-order valence-electron chi connectivity index (χ4n) is 3.57. The van der Waals surface area contributed by atoms with Gasteiger partial charge in [0.2, 0.25) is 0 Å². The first kappa shape index (κ1) is 16.6. The fourth-order valence-corrected chi connectivity index (χ4v) is 3.57. The maximum Gasteiger partial charge on any atom is 0.167 e. The fraction of sp³-hybridized carbons (Fsp3) is 0.556. The summed E-state index contributed by atoms with van der Waals surface area (Å²) in [4.78, 5) is 0. The highest BCUT2D eigenvalue weighted by atomic mass is 16.7. The van der Waals surface area contributed by atoms with Crippen LogP contribution in [-0.2, 0) is 20.8 Å². The molecule has 2 N–H and O–H groups in total. The second-order valence-corrected chi connectivity index (χ2v) is 6.57. The third-order valence-corrected chi connectivity index (χ3v) is 4.93. The first-order valence-corrected chi connectivity index (χ1v) is 7.92. The van der Waals surface area contributed by atoms with Crippen molar-refractivity contribution in [3.8, 4) is 0 Å². The summed E-state index contributed by atoms with van der Waals surface area (Å²) in [5, 5.41) is 20.9. The molecular weight excluding hydrogens is 296 g/mol. The highest BCUT2D eigenvalue weighted by Crippen LogP contribution is 2.52. The van der Waals surface area contributed by atoms with Crippen LogP contribution < -0.4 is 0 Å². The average molecular weight is 320 g/mol. The van der Waals surface area contributed by atoms with Gasteiger partial charge in [-0.1, -0.05) is 36.4 Å². The largest absolute Gasteiger partial charge is 0.393 e. The van der Waals surface area contributed by atoms with Crippen LogP contribution in [0.5, 0.6) is 0 Å². The van der Waals surface area contributed by atoms with Crippen molar-refractivity contribution in [1.82, 2.24) is 0 Å². The van der Waals surface area contributed by atoms with Crippen LogP contribution in [0, 0.1) is 0 Å². The van der Waals surface area contributed by atoms with Gasteiger partial charge in [0.15, 0.2) is 5.79 Å². The Bertz CT molecular complexity index is 562. The van der Waals surface area contributed by atoms with Gasteiger partial charge in [-0.15, -0.1) is 6.58 Å². The Kier molecular flexibility index (Phi) is 4.33. The predicted octanol–water partition coefficient (Wildman–Crippen LogP) is 1.78. The Labute approximate surface area is 136 Å². The van der Waals surface area contributed by atoms with E-state index in [9.17, 15) is 10.2 Å². The lowest BCUT2D eigenvalue weighted by atomic mass is 9.77. The van der Waals surface area contributed by atoms with Gasteiger partial charge in [0.05, 0.1) is 19.8 Å². The molecule has 0 saturated carbocycles. The summed E-state index contributed by atoms with van der Waals surface area (Å²) in [6.07, 6.45) is 2.01. The van der Waals surface area contributed by atoms with Gasteiger partial charge in [-0.05, 0) is 18.9 Å². The van der Waals surface area contributed by atoms with Crippen molar-refractivity contribution < 1.29 is 24.4 Å². The topological polar surface area (TPSA) is 68.2 Å². The second-order valence-electron chi connectivity index (χ2n) is 6.57. The second kappa shape index (κ2) is 6.00. The van der Waals surface area contributed by atoms with Crippen LogP contribution in [0.15, 0.2) is 43.0 Å². The van der Waals surface area contributed by atoms with Gasteiger partial charge < -0.3 is 24.4 Å². The molecule has 126 valence electrons. The maximum absolute atomic E-state index is 11.0. The van der Waals surface area contributed by atoms with E-state index in [0.29, 0.717) is 19.4 Å². The van der Waals surface area contributed by atoms with Gasteiger partial charge in [-0.25, -0.2) is 0 Å². The molecule has 0 radical (unpaired) electrons. The van der Waals surface area contributed by atoms with E-state index in [1.54, 1.807) is 0 Å². The first-order chi connectivity index (χ1) is 11.0. The van der Waals surface area contributed by atoms with Crippen LogP contribution >= 0.6 is 0 Å². The van der Waals surface area contributed by atoms with E-state index in [4.69, 9.17) is 14.2 Å². The van der Waals surface area contributed by atoms with E-state index in [1.165, 1.54) is 6.08 Å². The first-order valence-electron chi connectivity index (χ1n) is 7.92. The van der Waals surface area contributed by atoms with Crippen molar-refractivity contribution >= 4 is 0 Å². The third kappa shape index (κ3) is 2.73. The molecule has 0 amide bonds. The number of rotatable bonds is 6. The van der Waals surface area contributed by atoms with E-state index in [0.717, 1.165) is 5.56 Å². The third-order valence-electron chi connectivity index (χ3n) is 4.93. The van der Waals surface area contributed by atoms with E-state index in [2.05, 4.69) is 6.58 Å². The Hall–Kier alpha value is -1.24. The number of hydrogen-bond donors (Lipinski definition) is 2. The smallest absolute Gasteiger partial charge is 0.167 e. The molecule has 2 heterocycles. The zero-order valence-corrected chi connectivity index (χ0v) is 13.4. The molecule has 5 nitrogen and oxygen atoms in total. The molecule has 5 heteroatoms.